The van der Waals surface area contributed by atoms with Crippen molar-refractivity contribution < 1.29 is 4.74 Å². The minimum atomic E-state index is 0.188. The minimum absolute atomic E-state index is 0.188. The molecular formula is C23H29ClN6O. The molecule has 164 valence electrons. The summed E-state index contributed by atoms with van der Waals surface area (Å²) in [5, 5.41) is 11.0. The van der Waals surface area contributed by atoms with Gasteiger partial charge in [-0.25, -0.2) is 4.68 Å². The summed E-state index contributed by atoms with van der Waals surface area (Å²) in [4.78, 5) is 5.09. The van der Waals surface area contributed by atoms with Crippen molar-refractivity contribution in [2.75, 3.05) is 37.7 Å². The van der Waals surface area contributed by atoms with E-state index in [-0.39, 0.29) is 5.54 Å². The fraction of sp³-hybridized carbons (Fsp3) is 0.565. The molecule has 1 aliphatic carbocycles. The topological polar surface area (TPSA) is 51.4 Å². The lowest BCUT2D eigenvalue weighted by Gasteiger charge is -2.53. The summed E-state index contributed by atoms with van der Waals surface area (Å²) >= 11 is 6.80. The molecular weight excluding hydrogens is 412 g/mol. The molecule has 0 amide bonds. The molecule has 3 aliphatic rings. The second kappa shape index (κ2) is 7.22. The van der Waals surface area contributed by atoms with Crippen molar-refractivity contribution in [1.82, 2.24) is 24.5 Å². The van der Waals surface area contributed by atoms with Crippen LogP contribution in [0.25, 0.3) is 16.6 Å². The van der Waals surface area contributed by atoms with Crippen molar-refractivity contribution in [3.05, 3.63) is 35.7 Å². The van der Waals surface area contributed by atoms with E-state index in [0.717, 1.165) is 66.6 Å². The standard InChI is InChI=1S/C23H29ClN6O/c1-3-17-12-27(23(2)14-31-15-23)6-7-28(17)22-9-21-16(8-20(22)24)10-26-30(21)19-11-25-29(13-19)18-4-5-18/h8-11,13,17-18H,3-7,12,14-15H2,1-2H3. The number of fused-ring (bicyclic) bond motifs is 1. The van der Waals surface area contributed by atoms with E-state index in [2.05, 4.69) is 56.9 Å². The second-order valence-corrected chi connectivity index (χ2v) is 9.93. The van der Waals surface area contributed by atoms with Crippen LogP contribution in [0.15, 0.2) is 30.7 Å². The van der Waals surface area contributed by atoms with E-state index in [4.69, 9.17) is 16.3 Å². The fourth-order valence-electron chi connectivity index (χ4n) is 5.03. The quantitative estimate of drug-likeness (QED) is 0.602. The number of piperazine rings is 1. The molecule has 4 heterocycles. The van der Waals surface area contributed by atoms with Gasteiger partial charge in [-0.05, 0) is 38.3 Å². The molecule has 1 unspecified atom stereocenters. The van der Waals surface area contributed by atoms with Crippen LogP contribution in [0.5, 0.6) is 0 Å². The SMILES string of the molecule is CCC1CN(C2(C)COC2)CCN1c1cc2c(cnn2-c2cnn(C3CC3)c2)cc1Cl. The van der Waals surface area contributed by atoms with Crippen LogP contribution in [0.3, 0.4) is 0 Å². The molecule has 8 heteroatoms. The maximum absolute atomic E-state index is 6.80. The van der Waals surface area contributed by atoms with Crippen LogP contribution in [-0.2, 0) is 4.74 Å². The number of benzene rings is 1. The zero-order valence-corrected chi connectivity index (χ0v) is 18.9. The molecule has 3 aromatic rings. The van der Waals surface area contributed by atoms with Crippen LogP contribution in [0.1, 0.15) is 39.2 Å². The monoisotopic (exact) mass is 440 g/mol. The molecule has 0 N–H and O–H groups in total. The van der Waals surface area contributed by atoms with Gasteiger partial charge in [-0.3, -0.25) is 9.58 Å². The molecule has 2 aliphatic heterocycles. The van der Waals surface area contributed by atoms with E-state index >= 15 is 0 Å². The average molecular weight is 441 g/mol. The number of aromatic nitrogens is 4. The zero-order valence-electron chi connectivity index (χ0n) is 18.2. The molecule has 3 fully saturated rings. The van der Waals surface area contributed by atoms with Gasteiger partial charge in [-0.15, -0.1) is 0 Å². The van der Waals surface area contributed by atoms with Crippen molar-refractivity contribution in [2.45, 2.75) is 50.7 Å². The Balaban J connectivity index is 1.33. The van der Waals surface area contributed by atoms with Gasteiger partial charge in [0.05, 0.1) is 59.6 Å². The molecule has 2 aromatic heterocycles. The lowest BCUT2D eigenvalue weighted by molar-refractivity contribution is -0.134. The first-order valence-corrected chi connectivity index (χ1v) is 11.7. The number of rotatable bonds is 5. The summed E-state index contributed by atoms with van der Waals surface area (Å²) in [6.45, 7) is 9.29. The Morgan fingerprint density at radius 2 is 2.00 bits per heavy atom. The van der Waals surface area contributed by atoms with E-state index in [0.29, 0.717) is 12.1 Å². The number of anilines is 1. The van der Waals surface area contributed by atoms with E-state index in [9.17, 15) is 0 Å². The van der Waals surface area contributed by atoms with Crippen molar-refractivity contribution in [3.63, 3.8) is 0 Å². The third-order valence-electron chi connectivity index (χ3n) is 7.24. The average Bonchev–Trinajstić information content (AvgIpc) is 3.35. The summed E-state index contributed by atoms with van der Waals surface area (Å²) in [5.74, 6) is 0. The Labute approximate surface area is 187 Å². The van der Waals surface area contributed by atoms with Crippen LogP contribution in [-0.4, -0.2) is 68.9 Å². The molecule has 0 radical (unpaired) electrons. The Bertz CT molecular complexity index is 1110. The predicted molar refractivity (Wildman–Crippen MR) is 122 cm³/mol. The Hall–Kier alpha value is -2.09. The summed E-state index contributed by atoms with van der Waals surface area (Å²) in [6, 6.07) is 5.26. The van der Waals surface area contributed by atoms with E-state index in [1.807, 2.05) is 17.1 Å². The highest BCUT2D eigenvalue weighted by atomic mass is 35.5. The maximum atomic E-state index is 6.80. The molecule has 0 spiro atoms. The van der Waals surface area contributed by atoms with Crippen LogP contribution >= 0.6 is 11.6 Å². The highest BCUT2D eigenvalue weighted by Gasteiger charge is 2.42. The third-order valence-corrected chi connectivity index (χ3v) is 7.55. The third kappa shape index (κ3) is 3.25. The van der Waals surface area contributed by atoms with E-state index < -0.39 is 0 Å². The molecule has 31 heavy (non-hydrogen) atoms. The lowest BCUT2D eigenvalue weighted by Crippen LogP contribution is -2.66. The summed E-state index contributed by atoms with van der Waals surface area (Å²) in [7, 11) is 0. The van der Waals surface area contributed by atoms with Crippen LogP contribution in [0, 0.1) is 0 Å². The molecule has 7 nitrogen and oxygen atoms in total. The van der Waals surface area contributed by atoms with Crippen molar-refractivity contribution in [3.8, 4) is 5.69 Å². The zero-order chi connectivity index (χ0) is 21.2. The molecule has 1 saturated carbocycles. The van der Waals surface area contributed by atoms with Crippen molar-refractivity contribution >= 4 is 28.2 Å². The van der Waals surface area contributed by atoms with Gasteiger partial charge in [0.2, 0.25) is 0 Å². The van der Waals surface area contributed by atoms with Gasteiger partial charge in [0.15, 0.2) is 0 Å². The van der Waals surface area contributed by atoms with Crippen LogP contribution < -0.4 is 4.90 Å². The largest absolute Gasteiger partial charge is 0.377 e. The number of ether oxygens (including phenoxy) is 1. The summed E-state index contributed by atoms with van der Waals surface area (Å²) in [5.41, 5.74) is 3.37. The molecule has 1 atom stereocenters. The molecule has 2 saturated heterocycles. The first-order valence-electron chi connectivity index (χ1n) is 11.4. The Kier molecular flexibility index (Phi) is 4.56. The smallest absolute Gasteiger partial charge is 0.103 e. The Morgan fingerprint density at radius 1 is 1.16 bits per heavy atom. The predicted octanol–water partition coefficient (Wildman–Crippen LogP) is 3.90. The normalized spacial score (nSPS) is 24.0. The number of hydrogen-bond donors (Lipinski definition) is 0. The van der Waals surface area contributed by atoms with Gasteiger partial charge in [0, 0.05) is 31.1 Å². The first-order chi connectivity index (χ1) is 15.1. The van der Waals surface area contributed by atoms with Crippen molar-refractivity contribution in [2.24, 2.45) is 0 Å². The van der Waals surface area contributed by atoms with Gasteiger partial charge in [-0.1, -0.05) is 18.5 Å². The number of nitrogens with zero attached hydrogens (tertiary/aromatic N) is 6. The van der Waals surface area contributed by atoms with Crippen molar-refractivity contribution in [1.29, 1.82) is 0 Å². The highest BCUT2D eigenvalue weighted by Crippen LogP contribution is 2.37. The summed E-state index contributed by atoms with van der Waals surface area (Å²) < 4.78 is 9.57. The first kappa shape index (κ1) is 19.6. The summed E-state index contributed by atoms with van der Waals surface area (Å²) in [6.07, 6.45) is 9.43. The fourth-order valence-corrected chi connectivity index (χ4v) is 5.31. The highest BCUT2D eigenvalue weighted by molar-refractivity contribution is 6.34. The second-order valence-electron chi connectivity index (χ2n) is 9.52. The number of halogens is 1. The maximum Gasteiger partial charge on any atom is 0.103 e. The number of hydrogen-bond acceptors (Lipinski definition) is 5. The molecule has 1 aromatic carbocycles. The minimum Gasteiger partial charge on any atom is -0.377 e. The van der Waals surface area contributed by atoms with Crippen LogP contribution in [0.4, 0.5) is 5.69 Å². The van der Waals surface area contributed by atoms with E-state index in [1.165, 1.54) is 12.8 Å². The lowest BCUT2D eigenvalue weighted by atomic mass is 9.94. The molecule has 0 bridgehead atoms. The van der Waals surface area contributed by atoms with Gasteiger partial charge in [-0.2, -0.15) is 10.2 Å². The van der Waals surface area contributed by atoms with Gasteiger partial charge in [0.25, 0.3) is 0 Å². The van der Waals surface area contributed by atoms with Gasteiger partial charge < -0.3 is 9.64 Å². The molecule has 6 rings (SSSR count). The van der Waals surface area contributed by atoms with Gasteiger partial charge >= 0.3 is 0 Å². The van der Waals surface area contributed by atoms with E-state index in [1.54, 1.807) is 0 Å². The van der Waals surface area contributed by atoms with Crippen LogP contribution in [0.2, 0.25) is 5.02 Å². The Morgan fingerprint density at radius 3 is 2.71 bits per heavy atom. The van der Waals surface area contributed by atoms with Gasteiger partial charge in [0.1, 0.15) is 5.69 Å².